The maximum atomic E-state index is 9.65. The van der Waals surface area contributed by atoms with E-state index < -0.39 is 0 Å². The highest BCUT2D eigenvalue weighted by Gasteiger charge is 2.30. The lowest BCUT2D eigenvalue weighted by atomic mass is 9.81. The van der Waals surface area contributed by atoms with E-state index in [0.717, 1.165) is 44.9 Å². The minimum atomic E-state index is -0.120. The molecule has 2 heteroatoms. The molecule has 1 aliphatic carbocycles. The number of nitrogens with zero attached hydrogens (tertiary/aromatic N) is 1. The zero-order valence-electron chi connectivity index (χ0n) is 22.2. The number of rotatable bonds is 2. The average Bonchev–Trinajstić information content (AvgIpc) is 3.04. The maximum absolute atomic E-state index is 9.65. The normalized spacial score (nSPS) is 15.3. The molecular weight excluding hydrogens is 498 g/mol. The molecule has 0 spiro atoms. The lowest BCUT2D eigenvalue weighted by Crippen LogP contribution is -2.13. The lowest BCUT2D eigenvalue weighted by Gasteiger charge is -2.29. The number of nitriles is 1. The van der Waals surface area contributed by atoms with Gasteiger partial charge in [-0.2, -0.15) is 5.26 Å². The molecule has 41 heavy (non-hydrogen) atoms. The molecule has 1 aliphatic heterocycles. The molecule has 1 unspecified atom stereocenters. The van der Waals surface area contributed by atoms with E-state index in [1.54, 1.807) is 0 Å². The van der Waals surface area contributed by atoms with Crippen molar-refractivity contribution in [2.24, 2.45) is 0 Å². The van der Waals surface area contributed by atoms with Gasteiger partial charge in [0.2, 0.25) is 0 Å². The first-order valence-corrected chi connectivity index (χ1v) is 14.1. The summed E-state index contributed by atoms with van der Waals surface area (Å²) in [4.78, 5) is 0. The Hall–Kier alpha value is -5.39. The number of hydrogen-bond donors (Lipinski definition) is 0. The van der Waals surface area contributed by atoms with Gasteiger partial charge >= 0.3 is 0 Å². The first kappa shape index (κ1) is 22.4. The quantitative estimate of drug-likeness (QED) is 0.212. The second kappa shape index (κ2) is 8.31. The first-order chi connectivity index (χ1) is 20.3. The molecule has 0 amide bonds. The Labute approximate surface area is 237 Å². The molecule has 0 aromatic heterocycles. The molecule has 0 saturated carbocycles. The average molecular weight is 522 g/mol. The van der Waals surface area contributed by atoms with Crippen molar-refractivity contribution in [2.45, 2.75) is 12.3 Å². The molecular formula is C39H23NO. The van der Waals surface area contributed by atoms with E-state index in [-0.39, 0.29) is 5.92 Å². The summed E-state index contributed by atoms with van der Waals surface area (Å²) in [5.74, 6) is 1.62. The molecule has 1 heterocycles. The molecule has 190 valence electrons. The van der Waals surface area contributed by atoms with Gasteiger partial charge in [-0.05, 0) is 90.3 Å². The van der Waals surface area contributed by atoms with Crippen molar-refractivity contribution in [2.75, 3.05) is 0 Å². The number of ether oxygens (including phenoxy) is 1. The van der Waals surface area contributed by atoms with E-state index >= 15 is 0 Å². The van der Waals surface area contributed by atoms with Crippen molar-refractivity contribution in [3.8, 4) is 45.2 Å². The molecule has 2 nitrogen and oxygen atoms in total. The Morgan fingerprint density at radius 3 is 2.12 bits per heavy atom. The van der Waals surface area contributed by atoms with Gasteiger partial charge in [0, 0.05) is 11.1 Å². The summed E-state index contributed by atoms with van der Waals surface area (Å²) in [6.45, 7) is 0. The first-order valence-electron chi connectivity index (χ1n) is 14.1. The van der Waals surface area contributed by atoms with Crippen LogP contribution in [0.4, 0.5) is 0 Å². The Morgan fingerprint density at radius 2 is 1.29 bits per heavy atom. The summed E-state index contributed by atoms with van der Waals surface area (Å²) in [5, 5.41) is 17.5. The van der Waals surface area contributed by atoms with Crippen molar-refractivity contribution >= 4 is 38.1 Å². The highest BCUT2D eigenvalue weighted by atomic mass is 16.5. The molecule has 2 aliphatic rings. The lowest BCUT2D eigenvalue weighted by molar-refractivity contribution is 0.504. The number of benzene rings is 7. The van der Waals surface area contributed by atoms with Gasteiger partial charge in [-0.1, -0.05) is 103 Å². The fraction of sp³-hybridized carbons (Fsp3) is 0.0513. The number of fused-ring (bicyclic) bond motifs is 2. The summed E-state index contributed by atoms with van der Waals surface area (Å²) in [6.07, 6.45) is 2.75. The Balaban J connectivity index is 1.12. The van der Waals surface area contributed by atoms with E-state index in [2.05, 4.69) is 127 Å². The summed E-state index contributed by atoms with van der Waals surface area (Å²) in [5.41, 5.74) is 9.10. The van der Waals surface area contributed by atoms with Gasteiger partial charge in [-0.15, -0.1) is 0 Å². The topological polar surface area (TPSA) is 33.0 Å². The van der Waals surface area contributed by atoms with Crippen LogP contribution in [0.25, 0.3) is 71.5 Å². The largest absolute Gasteiger partial charge is 0.456 e. The minimum Gasteiger partial charge on any atom is -0.456 e. The molecule has 0 bridgehead atoms. The van der Waals surface area contributed by atoms with Crippen LogP contribution >= 0.6 is 0 Å². The van der Waals surface area contributed by atoms with Crippen LogP contribution in [-0.4, -0.2) is 0 Å². The van der Waals surface area contributed by atoms with Gasteiger partial charge < -0.3 is 4.74 Å². The molecule has 7 aromatic carbocycles. The summed E-state index contributed by atoms with van der Waals surface area (Å²) >= 11 is 0. The van der Waals surface area contributed by atoms with Crippen molar-refractivity contribution in [3.63, 3.8) is 0 Å². The fourth-order valence-electron chi connectivity index (χ4n) is 6.99. The summed E-state index contributed by atoms with van der Waals surface area (Å²) in [7, 11) is 0. The number of hydrogen-bond acceptors (Lipinski definition) is 2. The van der Waals surface area contributed by atoms with Gasteiger partial charge in [0.1, 0.15) is 11.5 Å². The van der Waals surface area contributed by atoms with Crippen LogP contribution in [0.3, 0.4) is 0 Å². The van der Waals surface area contributed by atoms with E-state index in [4.69, 9.17) is 4.74 Å². The Bertz CT molecular complexity index is 2250. The smallest absolute Gasteiger partial charge is 0.135 e. The van der Waals surface area contributed by atoms with Crippen molar-refractivity contribution < 1.29 is 4.74 Å². The van der Waals surface area contributed by atoms with E-state index in [9.17, 15) is 5.26 Å². The van der Waals surface area contributed by atoms with E-state index in [0.29, 0.717) is 6.42 Å². The SMILES string of the molecule is N#CC1CC=C2Oc3cc(-c4ccc(-c5ccc6ccc7cccc8ccc5c6c78)cc4)ccc3-c3cccc1c32. The predicted molar refractivity (Wildman–Crippen MR) is 168 cm³/mol. The van der Waals surface area contributed by atoms with Crippen LogP contribution in [0.2, 0.25) is 0 Å². The third-order valence-electron chi connectivity index (χ3n) is 8.96. The van der Waals surface area contributed by atoms with Crippen LogP contribution in [0, 0.1) is 11.3 Å². The molecule has 0 saturated heterocycles. The van der Waals surface area contributed by atoms with Gasteiger partial charge in [0.05, 0.1) is 12.0 Å². The van der Waals surface area contributed by atoms with Gasteiger partial charge in [0.25, 0.3) is 0 Å². The Kier molecular flexibility index (Phi) is 4.54. The maximum Gasteiger partial charge on any atom is 0.135 e. The zero-order chi connectivity index (χ0) is 27.1. The van der Waals surface area contributed by atoms with Crippen LogP contribution in [0.5, 0.6) is 5.75 Å². The van der Waals surface area contributed by atoms with Crippen molar-refractivity contribution in [3.05, 3.63) is 132 Å². The molecule has 0 N–H and O–H groups in total. The van der Waals surface area contributed by atoms with Crippen LogP contribution < -0.4 is 4.74 Å². The van der Waals surface area contributed by atoms with Crippen LogP contribution in [0.15, 0.2) is 121 Å². The monoisotopic (exact) mass is 521 g/mol. The summed E-state index contributed by atoms with van der Waals surface area (Å²) in [6, 6.07) is 44.1. The van der Waals surface area contributed by atoms with Crippen LogP contribution in [0.1, 0.15) is 23.5 Å². The van der Waals surface area contributed by atoms with Crippen molar-refractivity contribution in [1.29, 1.82) is 5.26 Å². The fourth-order valence-corrected chi connectivity index (χ4v) is 6.99. The van der Waals surface area contributed by atoms with Crippen LogP contribution in [-0.2, 0) is 0 Å². The molecule has 9 rings (SSSR count). The van der Waals surface area contributed by atoms with E-state index in [1.165, 1.54) is 43.4 Å². The van der Waals surface area contributed by atoms with E-state index in [1.807, 2.05) is 0 Å². The highest BCUT2D eigenvalue weighted by Crippen LogP contribution is 2.49. The third kappa shape index (κ3) is 3.18. The predicted octanol–water partition coefficient (Wildman–Crippen LogP) is 10.3. The Morgan fingerprint density at radius 1 is 0.610 bits per heavy atom. The standard InChI is InChI=1S/C39H23NO/c40-22-29-16-20-35-39-31(29)5-2-6-33(39)32-18-15-28(21-36(32)41-35)23-7-9-24(10-8-23)30-17-13-27-12-11-25-3-1-4-26-14-19-34(30)38(27)37(25)26/h1-15,17-21,29H,16H2. The van der Waals surface area contributed by atoms with Gasteiger partial charge in [0.15, 0.2) is 0 Å². The van der Waals surface area contributed by atoms with Gasteiger partial charge in [-0.25, -0.2) is 0 Å². The third-order valence-corrected chi connectivity index (χ3v) is 8.96. The summed E-state index contributed by atoms with van der Waals surface area (Å²) < 4.78 is 6.44. The second-order valence-corrected chi connectivity index (χ2v) is 11.1. The molecule has 0 radical (unpaired) electrons. The molecule has 1 atom stereocenters. The molecule has 0 fully saturated rings. The number of allylic oxidation sites excluding steroid dienone is 1. The molecule has 7 aromatic rings. The van der Waals surface area contributed by atoms with Gasteiger partial charge in [-0.3, -0.25) is 0 Å². The minimum absolute atomic E-state index is 0.120. The zero-order valence-corrected chi connectivity index (χ0v) is 22.2. The van der Waals surface area contributed by atoms with Crippen molar-refractivity contribution in [1.82, 2.24) is 0 Å². The highest BCUT2D eigenvalue weighted by molar-refractivity contribution is 6.25. The second-order valence-electron chi connectivity index (χ2n) is 11.1.